The van der Waals surface area contributed by atoms with Crippen LogP contribution in [0.4, 0.5) is 26.6 Å². The van der Waals surface area contributed by atoms with Crippen molar-refractivity contribution in [3.8, 4) is 11.8 Å². The Morgan fingerprint density at radius 2 is 1.95 bits per heavy atom. The van der Waals surface area contributed by atoms with E-state index in [9.17, 15) is 14.0 Å². The van der Waals surface area contributed by atoms with Crippen LogP contribution in [0.2, 0.25) is 0 Å². The lowest BCUT2D eigenvalue weighted by atomic mass is 10.2. The van der Waals surface area contributed by atoms with E-state index in [1.54, 1.807) is 40.0 Å². The quantitative estimate of drug-likeness (QED) is 0.247. The van der Waals surface area contributed by atoms with E-state index in [4.69, 9.17) is 4.74 Å². The molecule has 0 saturated heterocycles. The molecule has 0 aromatic carbocycles. The number of amides is 2. The number of nitrogens with zero attached hydrogens (tertiary/aromatic N) is 4. The molecule has 2 heterocycles. The van der Waals surface area contributed by atoms with Crippen molar-refractivity contribution < 1.29 is 18.7 Å². The summed E-state index contributed by atoms with van der Waals surface area (Å²) in [5.41, 5.74) is 0.580. The Bertz CT molecular complexity index is 1110. The van der Waals surface area contributed by atoms with Gasteiger partial charge < -0.3 is 20.7 Å². The van der Waals surface area contributed by atoms with E-state index in [1.807, 2.05) is 6.92 Å². The Morgan fingerprint density at radius 1 is 1.19 bits per heavy atom. The number of rotatable bonds is 10. The number of likely N-dealkylation sites (N-methyl/N-ethyl adjacent to an activating group) is 1. The zero-order chi connectivity index (χ0) is 27.4. The predicted octanol–water partition coefficient (Wildman–Crippen LogP) is 4.08. The number of anilines is 3. The van der Waals surface area contributed by atoms with Crippen LogP contribution >= 0.6 is 0 Å². The minimum atomic E-state index is -0.664. The average molecular weight is 514 g/mol. The molecule has 10 nitrogen and oxygen atoms in total. The summed E-state index contributed by atoms with van der Waals surface area (Å²) in [6, 6.07) is 2.14. The first-order valence-electron chi connectivity index (χ1n) is 12.2. The van der Waals surface area contributed by atoms with Crippen molar-refractivity contribution in [1.29, 1.82) is 0 Å². The molecular weight excluding hydrogens is 477 g/mol. The van der Waals surface area contributed by atoms with E-state index < -0.39 is 23.7 Å². The van der Waals surface area contributed by atoms with Gasteiger partial charge in [0.2, 0.25) is 17.8 Å². The zero-order valence-corrected chi connectivity index (χ0v) is 22.3. The molecule has 0 spiro atoms. The van der Waals surface area contributed by atoms with Crippen LogP contribution in [0, 0.1) is 17.8 Å². The number of hydrogen-bond donors (Lipinski definition) is 3. The largest absolute Gasteiger partial charge is 0.444 e. The number of ether oxygens (including phenoxy) is 1. The van der Waals surface area contributed by atoms with Crippen molar-refractivity contribution in [3.05, 3.63) is 36.0 Å². The maximum absolute atomic E-state index is 13.0. The lowest BCUT2D eigenvalue weighted by Gasteiger charge is -2.28. The molecule has 1 atom stereocenters. The number of halogens is 1. The van der Waals surface area contributed by atoms with E-state index in [2.05, 4.69) is 42.7 Å². The van der Waals surface area contributed by atoms with Gasteiger partial charge in [-0.3, -0.25) is 9.69 Å². The van der Waals surface area contributed by atoms with Gasteiger partial charge in [-0.2, -0.15) is 9.37 Å². The monoisotopic (exact) mass is 513 g/mol. The predicted molar refractivity (Wildman–Crippen MR) is 141 cm³/mol. The van der Waals surface area contributed by atoms with Gasteiger partial charge in [0.1, 0.15) is 17.5 Å². The Morgan fingerprint density at radius 3 is 2.59 bits per heavy atom. The SMILES string of the molecule is CCCNc1nc(Nc2ccc(F)nc2)ncc1C#CCCCNC(=O)[C@H](C)N(C)C(=O)OC(C)(C)C. The van der Waals surface area contributed by atoms with Gasteiger partial charge in [0.05, 0.1) is 23.6 Å². The summed E-state index contributed by atoms with van der Waals surface area (Å²) >= 11 is 0. The summed E-state index contributed by atoms with van der Waals surface area (Å²) in [4.78, 5) is 38.2. The fourth-order valence-electron chi connectivity index (χ4n) is 2.85. The van der Waals surface area contributed by atoms with E-state index in [-0.39, 0.29) is 5.91 Å². The van der Waals surface area contributed by atoms with Gasteiger partial charge in [0.25, 0.3) is 0 Å². The first-order chi connectivity index (χ1) is 17.5. The molecule has 2 aromatic heterocycles. The first-order valence-corrected chi connectivity index (χ1v) is 12.2. The molecule has 0 saturated carbocycles. The minimum Gasteiger partial charge on any atom is -0.444 e. The molecule has 0 fully saturated rings. The molecule has 3 N–H and O–H groups in total. The molecule has 0 unspecified atom stereocenters. The highest BCUT2D eigenvalue weighted by molar-refractivity contribution is 5.85. The summed E-state index contributed by atoms with van der Waals surface area (Å²) in [7, 11) is 1.54. The smallest absolute Gasteiger partial charge is 0.410 e. The fourth-order valence-corrected chi connectivity index (χ4v) is 2.85. The number of aromatic nitrogens is 3. The molecule has 0 aliphatic carbocycles. The van der Waals surface area contributed by atoms with Gasteiger partial charge in [-0.1, -0.05) is 18.8 Å². The van der Waals surface area contributed by atoms with E-state index in [0.29, 0.717) is 48.9 Å². The number of carbonyl (C=O) groups excluding carboxylic acids is 2. The standard InChI is InChI=1S/C26H36FN7O3/c1-7-14-28-22-19(16-31-24(33-22)32-20-12-13-21(27)30-17-20)11-9-8-10-15-29-23(35)18(2)34(6)25(36)37-26(3,4)5/h12-13,16-18H,7-8,10,14-15H2,1-6H3,(H,29,35)(H2,28,31,32,33)/t18-/m0/s1. The number of unbranched alkanes of at least 4 members (excludes halogenated alkanes) is 1. The molecule has 2 rings (SSSR count). The third kappa shape index (κ3) is 10.3. The maximum atomic E-state index is 13.0. The molecule has 2 aromatic rings. The van der Waals surface area contributed by atoms with Gasteiger partial charge in [0, 0.05) is 26.6 Å². The van der Waals surface area contributed by atoms with Crippen LogP contribution in [0.25, 0.3) is 0 Å². The highest BCUT2D eigenvalue weighted by atomic mass is 19.1. The van der Waals surface area contributed by atoms with Crippen molar-refractivity contribution in [2.75, 3.05) is 30.8 Å². The Hall–Kier alpha value is -3.94. The van der Waals surface area contributed by atoms with Gasteiger partial charge in [-0.05, 0) is 52.7 Å². The summed E-state index contributed by atoms with van der Waals surface area (Å²) in [6.45, 7) is 10.2. The van der Waals surface area contributed by atoms with Crippen LogP contribution in [0.3, 0.4) is 0 Å². The fraction of sp³-hybridized carbons (Fsp3) is 0.500. The van der Waals surface area contributed by atoms with Gasteiger partial charge in [-0.15, -0.1) is 0 Å². The molecule has 37 heavy (non-hydrogen) atoms. The van der Waals surface area contributed by atoms with Crippen LogP contribution in [-0.4, -0.2) is 63.6 Å². The number of pyridine rings is 1. The van der Waals surface area contributed by atoms with Crippen LogP contribution in [0.15, 0.2) is 24.5 Å². The zero-order valence-electron chi connectivity index (χ0n) is 22.3. The molecule has 0 bridgehead atoms. The summed E-state index contributed by atoms with van der Waals surface area (Å²) in [6.07, 6.45) is 4.52. The van der Waals surface area contributed by atoms with Gasteiger partial charge in [-0.25, -0.2) is 14.8 Å². The number of carbonyl (C=O) groups is 2. The van der Waals surface area contributed by atoms with Crippen LogP contribution in [0.1, 0.15) is 59.4 Å². The third-order valence-electron chi connectivity index (χ3n) is 4.96. The molecule has 11 heteroatoms. The highest BCUT2D eigenvalue weighted by Gasteiger charge is 2.26. The van der Waals surface area contributed by atoms with E-state index in [1.165, 1.54) is 24.2 Å². The lowest BCUT2D eigenvalue weighted by molar-refractivity contribution is -0.125. The Labute approximate surface area is 217 Å². The van der Waals surface area contributed by atoms with Crippen LogP contribution in [-0.2, 0) is 9.53 Å². The summed E-state index contributed by atoms with van der Waals surface area (Å²) in [5, 5.41) is 9.06. The molecule has 0 aliphatic rings. The van der Waals surface area contributed by atoms with Crippen molar-refractivity contribution in [1.82, 2.24) is 25.2 Å². The molecule has 0 aliphatic heterocycles. The third-order valence-corrected chi connectivity index (χ3v) is 4.96. The average Bonchev–Trinajstić information content (AvgIpc) is 2.84. The first kappa shape index (κ1) is 29.3. The normalized spacial score (nSPS) is 11.5. The molecule has 0 radical (unpaired) electrons. The second kappa shape index (κ2) is 14.0. The summed E-state index contributed by atoms with van der Waals surface area (Å²) in [5.74, 6) is 6.26. The van der Waals surface area contributed by atoms with Crippen molar-refractivity contribution >= 4 is 29.5 Å². The van der Waals surface area contributed by atoms with Crippen molar-refractivity contribution in [2.24, 2.45) is 0 Å². The molecular formula is C26H36FN7O3. The number of nitrogens with one attached hydrogen (secondary N) is 3. The van der Waals surface area contributed by atoms with E-state index >= 15 is 0 Å². The highest BCUT2D eigenvalue weighted by Crippen LogP contribution is 2.17. The lowest BCUT2D eigenvalue weighted by Crippen LogP contribution is -2.47. The topological polar surface area (TPSA) is 121 Å². The Kier molecular flexibility index (Phi) is 11.1. The van der Waals surface area contributed by atoms with E-state index in [0.717, 1.165) is 6.42 Å². The molecule has 2 amide bonds. The van der Waals surface area contributed by atoms with Crippen LogP contribution < -0.4 is 16.0 Å². The summed E-state index contributed by atoms with van der Waals surface area (Å²) < 4.78 is 18.3. The number of hydrogen-bond acceptors (Lipinski definition) is 8. The van der Waals surface area contributed by atoms with Crippen molar-refractivity contribution in [2.45, 2.75) is 65.5 Å². The van der Waals surface area contributed by atoms with Gasteiger partial charge >= 0.3 is 6.09 Å². The van der Waals surface area contributed by atoms with Crippen LogP contribution in [0.5, 0.6) is 0 Å². The van der Waals surface area contributed by atoms with Gasteiger partial charge in [0.15, 0.2) is 0 Å². The maximum Gasteiger partial charge on any atom is 0.410 e. The van der Waals surface area contributed by atoms with Crippen molar-refractivity contribution in [3.63, 3.8) is 0 Å². The second-order valence-corrected chi connectivity index (χ2v) is 9.34. The molecule has 200 valence electrons. The Balaban J connectivity index is 1.89. The second-order valence-electron chi connectivity index (χ2n) is 9.34. The minimum absolute atomic E-state index is 0.264.